The highest BCUT2D eigenvalue weighted by Crippen LogP contribution is 2.31. The summed E-state index contributed by atoms with van der Waals surface area (Å²) < 4.78 is 1.90. The second-order valence-corrected chi connectivity index (χ2v) is 7.74. The fourth-order valence-electron chi connectivity index (χ4n) is 4.46. The van der Waals surface area contributed by atoms with Crippen LogP contribution in [0.4, 0.5) is 0 Å². The van der Waals surface area contributed by atoms with Gasteiger partial charge in [-0.1, -0.05) is 39.3 Å². The summed E-state index contributed by atoms with van der Waals surface area (Å²) in [6.07, 6.45) is 3.43. The Morgan fingerprint density at radius 3 is 2.48 bits per heavy atom. The van der Waals surface area contributed by atoms with Crippen LogP contribution < -0.4 is 5.56 Å². The standard InChI is InChI=1S/C21H31N3O/c1-5-9-19(23-13-15(3)12-16(4)14-23)20-22-18-11-8-7-10-17(18)21(25)24(20)6-2/h7-8,10-11,15-16,19H,5-6,9,12-14H2,1-4H3/t15-,16+,19?. The number of fused-ring (bicyclic) bond motifs is 1. The molecule has 136 valence electrons. The number of hydrogen-bond donors (Lipinski definition) is 0. The number of rotatable bonds is 5. The molecule has 3 atom stereocenters. The number of likely N-dealkylation sites (tertiary alicyclic amines) is 1. The highest BCUT2D eigenvalue weighted by Gasteiger charge is 2.30. The predicted octanol–water partition coefficient (Wildman–Crippen LogP) is 4.24. The number of aromatic nitrogens is 2. The van der Waals surface area contributed by atoms with E-state index in [2.05, 4.69) is 25.7 Å². The molecule has 4 heteroatoms. The van der Waals surface area contributed by atoms with Gasteiger partial charge in [0.15, 0.2) is 0 Å². The smallest absolute Gasteiger partial charge is 0.261 e. The molecule has 0 aliphatic carbocycles. The van der Waals surface area contributed by atoms with Gasteiger partial charge in [0.25, 0.3) is 5.56 Å². The first-order valence-corrected chi connectivity index (χ1v) is 9.78. The Hall–Kier alpha value is -1.68. The van der Waals surface area contributed by atoms with Crippen molar-refractivity contribution in [1.29, 1.82) is 0 Å². The van der Waals surface area contributed by atoms with Crippen LogP contribution in [0.5, 0.6) is 0 Å². The van der Waals surface area contributed by atoms with Gasteiger partial charge < -0.3 is 0 Å². The van der Waals surface area contributed by atoms with Crippen LogP contribution in [0.15, 0.2) is 29.1 Å². The van der Waals surface area contributed by atoms with Gasteiger partial charge in [-0.15, -0.1) is 0 Å². The number of para-hydroxylation sites is 1. The molecule has 0 amide bonds. The second kappa shape index (κ2) is 7.69. The highest BCUT2D eigenvalue weighted by atomic mass is 16.1. The number of nitrogens with zero attached hydrogens (tertiary/aromatic N) is 3. The summed E-state index contributed by atoms with van der Waals surface area (Å²) >= 11 is 0. The van der Waals surface area contributed by atoms with Crippen LogP contribution >= 0.6 is 0 Å². The summed E-state index contributed by atoms with van der Waals surface area (Å²) in [6.45, 7) is 11.8. The minimum absolute atomic E-state index is 0.0994. The molecule has 3 rings (SSSR count). The zero-order chi connectivity index (χ0) is 18.0. The third kappa shape index (κ3) is 3.64. The topological polar surface area (TPSA) is 38.1 Å². The fraction of sp³-hybridized carbons (Fsp3) is 0.619. The lowest BCUT2D eigenvalue weighted by Crippen LogP contribution is -2.43. The van der Waals surface area contributed by atoms with Gasteiger partial charge in [-0.3, -0.25) is 14.3 Å². The van der Waals surface area contributed by atoms with Gasteiger partial charge in [0.2, 0.25) is 0 Å². The Labute approximate surface area is 150 Å². The molecule has 0 spiro atoms. The molecule has 0 radical (unpaired) electrons. The first-order chi connectivity index (χ1) is 12.0. The van der Waals surface area contributed by atoms with Crippen molar-refractivity contribution in [2.75, 3.05) is 13.1 Å². The lowest BCUT2D eigenvalue weighted by atomic mass is 9.90. The van der Waals surface area contributed by atoms with Crippen molar-refractivity contribution in [2.45, 2.75) is 59.5 Å². The van der Waals surface area contributed by atoms with E-state index in [-0.39, 0.29) is 11.6 Å². The zero-order valence-corrected chi connectivity index (χ0v) is 16.0. The average molecular weight is 341 g/mol. The molecular formula is C21H31N3O. The molecule has 0 N–H and O–H groups in total. The van der Waals surface area contributed by atoms with Gasteiger partial charge in [0.05, 0.1) is 16.9 Å². The summed E-state index contributed by atoms with van der Waals surface area (Å²) in [7, 11) is 0. The number of piperidine rings is 1. The van der Waals surface area contributed by atoms with Gasteiger partial charge >= 0.3 is 0 Å². The normalized spacial score (nSPS) is 23.0. The van der Waals surface area contributed by atoms with Crippen LogP contribution in [0.1, 0.15) is 58.8 Å². The Kier molecular flexibility index (Phi) is 5.57. The van der Waals surface area contributed by atoms with E-state index in [1.54, 1.807) is 0 Å². The summed E-state index contributed by atoms with van der Waals surface area (Å²) in [5.41, 5.74) is 0.925. The maximum Gasteiger partial charge on any atom is 0.261 e. The maximum atomic E-state index is 13.0. The van der Waals surface area contributed by atoms with Gasteiger partial charge in [0, 0.05) is 19.6 Å². The molecule has 0 saturated carbocycles. The number of hydrogen-bond acceptors (Lipinski definition) is 3. The van der Waals surface area contributed by atoms with Gasteiger partial charge in [-0.2, -0.15) is 0 Å². The van der Waals surface area contributed by atoms with Crippen molar-refractivity contribution < 1.29 is 0 Å². The molecule has 1 aliphatic heterocycles. The molecule has 1 aliphatic rings. The SMILES string of the molecule is CCCC(c1nc2ccccc2c(=O)n1CC)N1C[C@H](C)C[C@H](C)C1. The first-order valence-electron chi connectivity index (χ1n) is 9.78. The molecule has 1 aromatic heterocycles. The van der Waals surface area contributed by atoms with Crippen molar-refractivity contribution in [1.82, 2.24) is 14.5 Å². The predicted molar refractivity (Wildman–Crippen MR) is 104 cm³/mol. The van der Waals surface area contributed by atoms with E-state index in [1.165, 1.54) is 6.42 Å². The van der Waals surface area contributed by atoms with Crippen molar-refractivity contribution >= 4 is 10.9 Å². The molecule has 2 aromatic rings. The Bertz CT molecular complexity index is 772. The van der Waals surface area contributed by atoms with Crippen LogP contribution in [0.2, 0.25) is 0 Å². The fourth-order valence-corrected chi connectivity index (χ4v) is 4.46. The van der Waals surface area contributed by atoms with E-state index in [4.69, 9.17) is 4.98 Å². The first kappa shape index (κ1) is 18.1. The van der Waals surface area contributed by atoms with E-state index in [9.17, 15) is 4.79 Å². The van der Waals surface area contributed by atoms with Crippen molar-refractivity contribution in [3.8, 4) is 0 Å². The van der Waals surface area contributed by atoms with E-state index < -0.39 is 0 Å². The molecule has 1 fully saturated rings. The lowest BCUT2D eigenvalue weighted by molar-refractivity contribution is 0.0836. The molecule has 4 nitrogen and oxygen atoms in total. The van der Waals surface area contributed by atoms with Gasteiger partial charge in [0.1, 0.15) is 5.82 Å². The highest BCUT2D eigenvalue weighted by molar-refractivity contribution is 5.77. The molecule has 2 heterocycles. The summed E-state index contributed by atoms with van der Waals surface area (Å²) in [6, 6.07) is 7.97. The summed E-state index contributed by atoms with van der Waals surface area (Å²) in [4.78, 5) is 20.6. The third-order valence-electron chi connectivity index (χ3n) is 5.41. The third-order valence-corrected chi connectivity index (χ3v) is 5.41. The number of benzene rings is 1. The second-order valence-electron chi connectivity index (χ2n) is 7.74. The quantitative estimate of drug-likeness (QED) is 0.816. The molecule has 1 saturated heterocycles. The molecule has 0 bridgehead atoms. The van der Waals surface area contributed by atoms with Crippen molar-refractivity contribution in [2.24, 2.45) is 11.8 Å². The lowest BCUT2D eigenvalue weighted by Gasteiger charge is -2.40. The van der Waals surface area contributed by atoms with Gasteiger partial charge in [-0.25, -0.2) is 4.98 Å². The van der Waals surface area contributed by atoms with E-state index in [0.29, 0.717) is 18.4 Å². The van der Waals surface area contributed by atoms with Crippen LogP contribution in [0.3, 0.4) is 0 Å². The van der Waals surface area contributed by atoms with E-state index in [1.807, 2.05) is 35.8 Å². The van der Waals surface area contributed by atoms with Crippen molar-refractivity contribution in [3.05, 3.63) is 40.4 Å². The monoisotopic (exact) mass is 341 g/mol. The minimum atomic E-state index is 0.0994. The zero-order valence-electron chi connectivity index (χ0n) is 16.0. The molecular weight excluding hydrogens is 310 g/mol. The van der Waals surface area contributed by atoms with E-state index in [0.717, 1.165) is 42.7 Å². The Balaban J connectivity index is 2.11. The van der Waals surface area contributed by atoms with Crippen LogP contribution in [-0.2, 0) is 6.54 Å². The Morgan fingerprint density at radius 2 is 1.84 bits per heavy atom. The van der Waals surface area contributed by atoms with E-state index >= 15 is 0 Å². The van der Waals surface area contributed by atoms with Crippen LogP contribution in [0.25, 0.3) is 10.9 Å². The summed E-state index contributed by atoms with van der Waals surface area (Å²) in [5.74, 6) is 2.35. The largest absolute Gasteiger partial charge is 0.295 e. The average Bonchev–Trinajstić information content (AvgIpc) is 2.59. The maximum absolute atomic E-state index is 13.0. The summed E-state index contributed by atoms with van der Waals surface area (Å²) in [5, 5.41) is 0.726. The molecule has 1 aromatic carbocycles. The van der Waals surface area contributed by atoms with Crippen LogP contribution in [0, 0.1) is 11.8 Å². The Morgan fingerprint density at radius 1 is 1.16 bits per heavy atom. The van der Waals surface area contributed by atoms with Crippen LogP contribution in [-0.4, -0.2) is 27.5 Å². The van der Waals surface area contributed by atoms with Crippen molar-refractivity contribution in [3.63, 3.8) is 0 Å². The molecule has 1 unspecified atom stereocenters. The minimum Gasteiger partial charge on any atom is -0.295 e. The van der Waals surface area contributed by atoms with Gasteiger partial charge in [-0.05, 0) is 43.7 Å². The molecule has 25 heavy (non-hydrogen) atoms.